The van der Waals surface area contributed by atoms with E-state index >= 15 is 0 Å². The van der Waals surface area contributed by atoms with E-state index < -0.39 is 23.7 Å². The molecule has 0 saturated heterocycles. The maximum absolute atomic E-state index is 11.8. The van der Waals surface area contributed by atoms with Crippen molar-refractivity contribution < 1.29 is 28.6 Å². The molecule has 1 heterocycles. The summed E-state index contributed by atoms with van der Waals surface area (Å²) in [5.74, 6) is -0.285. The summed E-state index contributed by atoms with van der Waals surface area (Å²) < 4.78 is 15.8. The minimum absolute atomic E-state index is 0.254. The number of anilines is 1. The minimum Gasteiger partial charge on any atom is -0.489 e. The Kier molecular flexibility index (Phi) is 5.88. The van der Waals surface area contributed by atoms with Gasteiger partial charge in [0.25, 0.3) is 0 Å². The van der Waals surface area contributed by atoms with Crippen molar-refractivity contribution in [3.05, 3.63) is 24.1 Å². The van der Waals surface area contributed by atoms with Crippen LogP contribution in [-0.2, 0) is 9.53 Å². The highest BCUT2D eigenvalue weighted by Crippen LogP contribution is 2.28. The number of carboxylic acid groups (broad SMARTS) is 1. The smallest absolute Gasteiger partial charge is 0.408 e. The Hall–Kier alpha value is -3.30. The lowest BCUT2D eigenvalue weighted by molar-refractivity contribution is -0.140. The number of ether oxygens (including phenoxy) is 2. The Morgan fingerprint density at radius 1 is 1.33 bits per heavy atom. The molecule has 0 aliphatic rings. The third-order valence-corrected chi connectivity index (χ3v) is 3.18. The number of nitrogens with two attached hydrogens (primary N) is 1. The van der Waals surface area contributed by atoms with E-state index in [0.717, 1.165) is 0 Å². The van der Waals surface area contributed by atoms with Gasteiger partial charge in [0.2, 0.25) is 11.8 Å². The van der Waals surface area contributed by atoms with Crippen molar-refractivity contribution in [1.29, 1.82) is 0 Å². The first-order chi connectivity index (χ1) is 12.5. The fraction of sp³-hybridized carbons (Fsp3) is 0.412. The van der Waals surface area contributed by atoms with Gasteiger partial charge in [-0.15, -0.1) is 10.2 Å². The summed E-state index contributed by atoms with van der Waals surface area (Å²) in [4.78, 5) is 23.1. The number of alkyl carbamates (subject to hydrolysis) is 1. The first-order valence-electron chi connectivity index (χ1n) is 8.10. The van der Waals surface area contributed by atoms with Crippen molar-refractivity contribution in [3.8, 4) is 17.2 Å². The molecule has 1 unspecified atom stereocenters. The molecule has 0 radical (unpaired) electrons. The zero-order chi connectivity index (χ0) is 20.2. The summed E-state index contributed by atoms with van der Waals surface area (Å²) in [6.45, 7) is 6.35. The molecule has 0 spiro atoms. The van der Waals surface area contributed by atoms with Gasteiger partial charge >= 0.3 is 12.1 Å². The average Bonchev–Trinajstić information content (AvgIpc) is 2.96. The number of aryl methyl sites for hydroxylation is 1. The number of hydrogen-bond donors (Lipinski definition) is 3. The van der Waals surface area contributed by atoms with Crippen LogP contribution >= 0.6 is 0 Å². The molecule has 1 atom stereocenters. The van der Waals surface area contributed by atoms with Gasteiger partial charge in [-0.25, -0.2) is 9.59 Å². The highest BCUT2D eigenvalue weighted by atomic mass is 16.6. The second-order valence-corrected chi connectivity index (χ2v) is 6.73. The summed E-state index contributed by atoms with van der Waals surface area (Å²) in [5, 5.41) is 19.1. The lowest BCUT2D eigenvalue weighted by Crippen LogP contribution is -2.46. The monoisotopic (exact) mass is 378 g/mol. The predicted octanol–water partition coefficient (Wildman–Crippen LogP) is 1.98. The molecule has 146 valence electrons. The van der Waals surface area contributed by atoms with Crippen LogP contribution in [-0.4, -0.2) is 45.6 Å². The van der Waals surface area contributed by atoms with Crippen molar-refractivity contribution >= 4 is 17.7 Å². The summed E-state index contributed by atoms with van der Waals surface area (Å²) >= 11 is 0. The van der Waals surface area contributed by atoms with E-state index in [1.54, 1.807) is 45.9 Å². The second kappa shape index (κ2) is 7.94. The molecule has 1 aromatic heterocycles. The first kappa shape index (κ1) is 20.0. The molecule has 0 aliphatic heterocycles. The van der Waals surface area contributed by atoms with Crippen molar-refractivity contribution in [2.75, 3.05) is 12.3 Å². The Balaban J connectivity index is 2.02. The van der Waals surface area contributed by atoms with Gasteiger partial charge < -0.3 is 30.0 Å². The quantitative estimate of drug-likeness (QED) is 0.641. The maximum Gasteiger partial charge on any atom is 0.408 e. The molecule has 2 rings (SSSR count). The summed E-state index contributed by atoms with van der Waals surface area (Å²) in [6.07, 6.45) is -0.853. The molecule has 4 N–H and O–H groups in total. The van der Waals surface area contributed by atoms with Gasteiger partial charge in [-0.3, -0.25) is 0 Å². The molecule has 1 aromatic carbocycles. The van der Waals surface area contributed by atoms with E-state index in [0.29, 0.717) is 17.3 Å². The van der Waals surface area contributed by atoms with Crippen molar-refractivity contribution in [1.82, 2.24) is 15.5 Å². The number of hydrogen-bond acceptors (Lipinski definition) is 8. The normalized spacial score (nSPS) is 12.3. The highest BCUT2D eigenvalue weighted by Gasteiger charge is 2.25. The summed E-state index contributed by atoms with van der Waals surface area (Å²) in [7, 11) is 0. The Labute approximate surface area is 155 Å². The standard InChI is InChI=1S/C17H22N4O6/c1-9-20-21-14(26-9)10-5-6-13(11(18)7-10)25-8-12(15(22)23)19-16(24)27-17(2,3)4/h5-7,12H,8,18H2,1-4H3,(H,19,24)(H,22,23). The highest BCUT2D eigenvalue weighted by molar-refractivity contribution is 5.80. The number of rotatable bonds is 6. The molecule has 10 heteroatoms. The number of benzene rings is 1. The SMILES string of the molecule is Cc1nnc(-c2ccc(OCC(NC(=O)OC(C)(C)C)C(=O)O)c(N)c2)o1. The van der Waals surface area contributed by atoms with Crippen molar-refractivity contribution in [2.24, 2.45) is 0 Å². The van der Waals surface area contributed by atoms with E-state index in [9.17, 15) is 14.7 Å². The maximum atomic E-state index is 11.8. The van der Waals surface area contributed by atoms with Gasteiger partial charge in [0.1, 0.15) is 18.0 Å². The van der Waals surface area contributed by atoms with Crippen molar-refractivity contribution in [3.63, 3.8) is 0 Å². The molecule has 0 bridgehead atoms. The lowest BCUT2D eigenvalue weighted by atomic mass is 10.2. The third kappa shape index (κ3) is 5.87. The average molecular weight is 378 g/mol. The number of nitrogens with one attached hydrogen (secondary N) is 1. The fourth-order valence-corrected chi connectivity index (χ4v) is 2.02. The lowest BCUT2D eigenvalue weighted by Gasteiger charge is -2.22. The number of carboxylic acids is 1. The van der Waals surface area contributed by atoms with Crippen LogP contribution in [0.15, 0.2) is 22.6 Å². The van der Waals surface area contributed by atoms with Gasteiger partial charge in [0.15, 0.2) is 6.04 Å². The molecule has 2 aromatic rings. The molecular formula is C17H22N4O6. The molecule has 10 nitrogen and oxygen atoms in total. The first-order valence-corrected chi connectivity index (χ1v) is 8.10. The minimum atomic E-state index is -1.31. The molecule has 0 saturated carbocycles. The van der Waals surface area contributed by atoms with Crippen LogP contribution < -0.4 is 15.8 Å². The number of amides is 1. The van der Waals surface area contributed by atoms with Crippen LogP contribution in [0.1, 0.15) is 26.7 Å². The van der Waals surface area contributed by atoms with Crippen LogP contribution in [0.2, 0.25) is 0 Å². The van der Waals surface area contributed by atoms with Crippen LogP contribution in [0.3, 0.4) is 0 Å². The molecule has 0 aliphatic carbocycles. The fourth-order valence-electron chi connectivity index (χ4n) is 2.02. The van der Waals surface area contributed by atoms with Crippen LogP contribution in [0.5, 0.6) is 5.75 Å². The van der Waals surface area contributed by atoms with Gasteiger partial charge in [-0.2, -0.15) is 0 Å². The van der Waals surface area contributed by atoms with Gasteiger partial charge in [0, 0.05) is 12.5 Å². The van der Waals surface area contributed by atoms with E-state index in [1.165, 1.54) is 0 Å². The summed E-state index contributed by atoms with van der Waals surface area (Å²) in [6, 6.07) is 3.46. The molecular weight excluding hydrogens is 356 g/mol. The Bertz CT molecular complexity index is 827. The molecule has 27 heavy (non-hydrogen) atoms. The third-order valence-electron chi connectivity index (χ3n) is 3.18. The van der Waals surface area contributed by atoms with E-state index in [4.69, 9.17) is 19.6 Å². The number of aromatic nitrogens is 2. The Morgan fingerprint density at radius 2 is 2.04 bits per heavy atom. The number of nitrogen functional groups attached to an aromatic ring is 1. The van der Waals surface area contributed by atoms with Gasteiger partial charge in [0.05, 0.1) is 5.69 Å². The zero-order valence-electron chi connectivity index (χ0n) is 15.5. The van der Waals surface area contributed by atoms with Crippen LogP contribution in [0, 0.1) is 6.92 Å². The number of carbonyl (C=O) groups is 2. The van der Waals surface area contributed by atoms with E-state index in [2.05, 4.69) is 15.5 Å². The largest absolute Gasteiger partial charge is 0.489 e. The van der Waals surface area contributed by atoms with Crippen molar-refractivity contribution in [2.45, 2.75) is 39.3 Å². The molecule has 1 amide bonds. The van der Waals surface area contributed by atoms with Gasteiger partial charge in [-0.05, 0) is 39.0 Å². The Morgan fingerprint density at radius 3 is 2.56 bits per heavy atom. The van der Waals surface area contributed by atoms with Crippen LogP contribution in [0.25, 0.3) is 11.5 Å². The number of nitrogens with zero attached hydrogens (tertiary/aromatic N) is 2. The topological polar surface area (TPSA) is 150 Å². The second-order valence-electron chi connectivity index (χ2n) is 6.73. The number of carbonyl (C=O) groups excluding carboxylic acids is 1. The zero-order valence-corrected chi connectivity index (χ0v) is 15.5. The van der Waals surface area contributed by atoms with Gasteiger partial charge in [-0.1, -0.05) is 0 Å². The van der Waals surface area contributed by atoms with E-state index in [1.807, 2.05) is 0 Å². The number of aliphatic carboxylic acids is 1. The predicted molar refractivity (Wildman–Crippen MR) is 95.2 cm³/mol. The molecule has 0 fully saturated rings. The van der Waals surface area contributed by atoms with Crippen LogP contribution in [0.4, 0.5) is 10.5 Å². The van der Waals surface area contributed by atoms with E-state index in [-0.39, 0.29) is 18.0 Å². The summed E-state index contributed by atoms with van der Waals surface area (Å²) in [5.41, 5.74) is 6.04.